The average molecular weight is 366 g/mol. The molecule has 88 valence electrons. The van der Waals surface area contributed by atoms with Gasteiger partial charge in [0, 0.05) is 13.2 Å². The van der Waals surface area contributed by atoms with Gasteiger partial charge in [-0.15, -0.1) is 11.3 Å². The largest absolute Gasteiger partial charge is 0.266 e. The smallest absolute Gasteiger partial charge is 0.103 e. The second-order valence-corrected chi connectivity index (χ2v) is 5.95. The molecule has 0 unspecified atom stereocenters. The molecule has 0 fully saturated rings. The number of rotatable bonds is 1. The minimum absolute atomic E-state index is 0.636. The van der Waals surface area contributed by atoms with E-state index in [9.17, 15) is 5.26 Å². The number of hydrogen-bond donors (Lipinski definition) is 0. The first-order valence-corrected chi connectivity index (χ1v) is 7.07. The molecule has 0 radical (unpaired) electrons. The van der Waals surface area contributed by atoms with E-state index >= 15 is 0 Å². The number of pyridine rings is 1. The van der Waals surface area contributed by atoms with Crippen LogP contribution in [0.25, 0.3) is 20.8 Å². The zero-order valence-electron chi connectivity index (χ0n) is 9.38. The highest BCUT2D eigenvalue weighted by molar-refractivity contribution is 14.1. The van der Waals surface area contributed by atoms with Gasteiger partial charge in [0.15, 0.2) is 0 Å². The van der Waals surface area contributed by atoms with Gasteiger partial charge in [0.05, 0.1) is 36.1 Å². The summed E-state index contributed by atoms with van der Waals surface area (Å²) >= 11 is 3.82. The van der Waals surface area contributed by atoms with Crippen molar-refractivity contribution >= 4 is 44.1 Å². The molecule has 0 N–H and O–H groups in total. The Hall–Kier alpha value is -1.46. The third-order valence-corrected chi connectivity index (χ3v) is 4.61. The Labute approximate surface area is 121 Å². The molecule has 0 spiro atoms. The lowest BCUT2D eigenvalue weighted by Gasteiger charge is -1.99. The number of nitrogens with zero attached hydrogens (tertiary/aromatic N) is 4. The average Bonchev–Trinajstić information content (AvgIpc) is 2.89. The van der Waals surface area contributed by atoms with Crippen LogP contribution in [0.3, 0.4) is 0 Å². The normalized spacial score (nSPS) is 10.7. The first-order valence-electron chi connectivity index (χ1n) is 5.18. The molecule has 3 heterocycles. The van der Waals surface area contributed by atoms with Crippen molar-refractivity contribution in [2.75, 3.05) is 0 Å². The number of fused-ring (bicyclic) bond motifs is 1. The Kier molecular flexibility index (Phi) is 2.80. The van der Waals surface area contributed by atoms with Crippen molar-refractivity contribution in [1.29, 1.82) is 5.26 Å². The van der Waals surface area contributed by atoms with Crippen LogP contribution in [0.4, 0.5) is 0 Å². The van der Waals surface area contributed by atoms with Gasteiger partial charge >= 0.3 is 0 Å². The molecule has 6 heteroatoms. The fourth-order valence-electron chi connectivity index (χ4n) is 1.87. The van der Waals surface area contributed by atoms with E-state index in [0.717, 1.165) is 24.4 Å². The fourth-order valence-corrected chi connectivity index (χ4v) is 3.99. The summed E-state index contributed by atoms with van der Waals surface area (Å²) in [5, 5.41) is 13.6. The second-order valence-electron chi connectivity index (χ2n) is 3.73. The lowest BCUT2D eigenvalue weighted by Crippen LogP contribution is -1.94. The number of aromatic nitrogens is 3. The molecule has 0 aliphatic carbocycles. The highest BCUT2D eigenvalue weighted by Crippen LogP contribution is 2.38. The molecule has 3 aromatic rings. The van der Waals surface area contributed by atoms with Crippen LogP contribution in [0.2, 0.25) is 0 Å². The Balaban J connectivity index is 2.40. The second kappa shape index (κ2) is 4.33. The molecule has 0 aliphatic rings. The summed E-state index contributed by atoms with van der Waals surface area (Å²) in [5.41, 5.74) is 2.39. The van der Waals surface area contributed by atoms with Gasteiger partial charge in [-0.05, 0) is 34.7 Å². The number of halogens is 1. The Morgan fingerprint density at radius 2 is 2.33 bits per heavy atom. The van der Waals surface area contributed by atoms with Gasteiger partial charge < -0.3 is 0 Å². The Morgan fingerprint density at radius 3 is 3.00 bits per heavy atom. The lowest BCUT2D eigenvalue weighted by molar-refractivity contribution is 0.777. The van der Waals surface area contributed by atoms with Crippen molar-refractivity contribution in [3.05, 3.63) is 33.7 Å². The number of nitriles is 1. The summed E-state index contributed by atoms with van der Waals surface area (Å²) in [4.78, 5) is 5.24. The van der Waals surface area contributed by atoms with Crippen molar-refractivity contribution in [3.8, 4) is 16.6 Å². The van der Waals surface area contributed by atoms with Gasteiger partial charge in [-0.2, -0.15) is 10.4 Å². The molecule has 0 amide bonds. The summed E-state index contributed by atoms with van der Waals surface area (Å²) < 4.78 is 3.87. The minimum atomic E-state index is 0.636. The zero-order chi connectivity index (χ0) is 12.7. The Morgan fingerprint density at radius 1 is 1.50 bits per heavy atom. The van der Waals surface area contributed by atoms with Crippen LogP contribution >= 0.6 is 33.9 Å². The van der Waals surface area contributed by atoms with Crippen LogP contribution in [-0.2, 0) is 7.05 Å². The van der Waals surface area contributed by atoms with Crippen molar-refractivity contribution in [2.45, 2.75) is 0 Å². The van der Waals surface area contributed by atoms with E-state index in [1.165, 1.54) is 0 Å². The van der Waals surface area contributed by atoms with Crippen molar-refractivity contribution in [3.63, 3.8) is 0 Å². The van der Waals surface area contributed by atoms with Gasteiger partial charge in [0.2, 0.25) is 0 Å². The van der Waals surface area contributed by atoms with Gasteiger partial charge in [0.25, 0.3) is 0 Å². The van der Waals surface area contributed by atoms with Crippen LogP contribution < -0.4 is 0 Å². The Bertz CT molecular complexity index is 762. The molecule has 0 aliphatic heterocycles. The molecule has 3 aromatic heterocycles. The van der Waals surface area contributed by atoms with E-state index in [4.69, 9.17) is 0 Å². The number of thiophene rings is 1. The van der Waals surface area contributed by atoms with E-state index in [1.807, 2.05) is 19.2 Å². The number of aryl methyl sites for hydroxylation is 1. The van der Waals surface area contributed by atoms with E-state index in [0.29, 0.717) is 5.56 Å². The first-order chi connectivity index (χ1) is 8.72. The first kappa shape index (κ1) is 11.6. The zero-order valence-corrected chi connectivity index (χ0v) is 12.4. The van der Waals surface area contributed by atoms with Gasteiger partial charge in [0.1, 0.15) is 6.07 Å². The van der Waals surface area contributed by atoms with E-state index < -0.39 is 0 Å². The maximum atomic E-state index is 9.37. The number of hydrogen-bond acceptors (Lipinski definition) is 4. The third-order valence-electron chi connectivity index (χ3n) is 2.67. The monoisotopic (exact) mass is 366 g/mol. The predicted molar refractivity (Wildman–Crippen MR) is 79.3 cm³/mol. The molecule has 0 atom stereocenters. The molecule has 3 rings (SSSR count). The summed E-state index contributed by atoms with van der Waals surface area (Å²) in [6.45, 7) is 0. The SMILES string of the molecule is Cn1ncc(I)c1-c1sc2cccnc2c1C#N. The maximum Gasteiger partial charge on any atom is 0.103 e. The highest BCUT2D eigenvalue weighted by atomic mass is 127. The van der Waals surface area contributed by atoms with Gasteiger partial charge in [-0.1, -0.05) is 0 Å². The van der Waals surface area contributed by atoms with Crippen LogP contribution in [-0.4, -0.2) is 14.8 Å². The standard InChI is InChI=1S/C12H7IN4S/c1-17-11(8(13)6-16-17)12-7(5-14)10-9(18-12)3-2-4-15-10/h2-4,6H,1H3. The predicted octanol–water partition coefficient (Wildman–Crippen LogP) is 3.17. The molecule has 4 nitrogen and oxygen atoms in total. The molecule has 0 bridgehead atoms. The fraction of sp³-hybridized carbons (Fsp3) is 0.0833. The summed E-state index contributed by atoms with van der Waals surface area (Å²) in [7, 11) is 1.89. The van der Waals surface area contributed by atoms with Crippen LogP contribution in [0.5, 0.6) is 0 Å². The minimum Gasteiger partial charge on any atom is -0.266 e. The quantitative estimate of drug-likeness (QED) is 0.622. The van der Waals surface area contributed by atoms with E-state index in [2.05, 4.69) is 38.7 Å². The van der Waals surface area contributed by atoms with Crippen molar-refractivity contribution in [1.82, 2.24) is 14.8 Å². The highest BCUT2D eigenvalue weighted by Gasteiger charge is 2.19. The van der Waals surface area contributed by atoms with Crippen LogP contribution in [0.15, 0.2) is 24.5 Å². The lowest BCUT2D eigenvalue weighted by atomic mass is 10.2. The molecular weight excluding hydrogens is 359 g/mol. The maximum absolute atomic E-state index is 9.37. The molecule has 0 saturated carbocycles. The van der Waals surface area contributed by atoms with Crippen LogP contribution in [0, 0.1) is 14.9 Å². The molecular formula is C12H7IN4S. The van der Waals surface area contributed by atoms with Gasteiger partial charge in [-0.25, -0.2) is 0 Å². The summed E-state index contributed by atoms with van der Waals surface area (Å²) in [6.07, 6.45) is 3.52. The van der Waals surface area contributed by atoms with E-state index in [1.54, 1.807) is 28.4 Å². The molecule has 0 aromatic carbocycles. The van der Waals surface area contributed by atoms with Crippen molar-refractivity contribution < 1.29 is 0 Å². The van der Waals surface area contributed by atoms with Crippen LogP contribution in [0.1, 0.15) is 5.56 Å². The van der Waals surface area contributed by atoms with E-state index in [-0.39, 0.29) is 0 Å². The summed E-state index contributed by atoms with van der Waals surface area (Å²) in [6, 6.07) is 6.14. The molecule has 18 heavy (non-hydrogen) atoms. The third kappa shape index (κ3) is 1.62. The molecule has 0 saturated heterocycles. The summed E-state index contributed by atoms with van der Waals surface area (Å²) in [5.74, 6) is 0. The van der Waals surface area contributed by atoms with Crippen molar-refractivity contribution in [2.24, 2.45) is 7.05 Å². The topological polar surface area (TPSA) is 54.5 Å². The van der Waals surface area contributed by atoms with Gasteiger partial charge in [-0.3, -0.25) is 9.67 Å².